The molecule has 0 aliphatic rings. The lowest BCUT2D eigenvalue weighted by atomic mass is 10.5. The number of anilines is 1. The van der Waals surface area contributed by atoms with E-state index in [-0.39, 0.29) is 0 Å². The zero-order chi connectivity index (χ0) is 8.10. The lowest BCUT2D eigenvalue weighted by Crippen LogP contribution is -1.97. The highest BCUT2D eigenvalue weighted by molar-refractivity contribution is 7.10. The fraction of sp³-hybridized carbons (Fsp3) is 0.571. The fourth-order valence-electron chi connectivity index (χ4n) is 0.744. The van der Waals surface area contributed by atoms with Crippen LogP contribution in [0.15, 0.2) is 5.38 Å². The van der Waals surface area contributed by atoms with Crippen molar-refractivity contribution < 1.29 is 4.74 Å². The Bertz CT molecular complexity index is 212. The summed E-state index contributed by atoms with van der Waals surface area (Å²) in [6.07, 6.45) is 0.871. The zero-order valence-corrected chi connectivity index (χ0v) is 7.36. The average Bonchev–Trinajstić information content (AvgIpc) is 2.37. The van der Waals surface area contributed by atoms with Crippen LogP contribution in [-0.4, -0.2) is 18.2 Å². The Kier molecular flexibility index (Phi) is 3.32. The molecule has 0 aromatic carbocycles. The van der Waals surface area contributed by atoms with Crippen molar-refractivity contribution >= 4 is 17.2 Å². The number of rotatable bonds is 4. The van der Waals surface area contributed by atoms with Crippen molar-refractivity contribution in [2.24, 2.45) is 0 Å². The predicted octanol–water partition coefficient (Wildman–Crippen LogP) is 1.30. The summed E-state index contributed by atoms with van der Waals surface area (Å²) in [7, 11) is 0. The molecule has 11 heavy (non-hydrogen) atoms. The molecule has 0 radical (unpaired) electrons. The molecule has 1 heterocycles. The normalized spacial score (nSPS) is 10.3. The van der Waals surface area contributed by atoms with Gasteiger partial charge in [0.25, 0.3) is 0 Å². The van der Waals surface area contributed by atoms with Crippen molar-refractivity contribution in [3.63, 3.8) is 0 Å². The summed E-state index contributed by atoms with van der Waals surface area (Å²) in [6.45, 7) is 3.49. The first-order valence-corrected chi connectivity index (χ1v) is 4.48. The van der Waals surface area contributed by atoms with Crippen LogP contribution in [0.4, 0.5) is 5.82 Å². The third-order valence-electron chi connectivity index (χ3n) is 1.23. The van der Waals surface area contributed by atoms with E-state index in [1.165, 1.54) is 0 Å². The Morgan fingerprint density at radius 2 is 2.55 bits per heavy atom. The highest BCUT2D eigenvalue weighted by Gasteiger charge is 1.97. The summed E-state index contributed by atoms with van der Waals surface area (Å²) < 4.78 is 5.17. The highest BCUT2D eigenvalue weighted by atomic mass is 32.1. The van der Waals surface area contributed by atoms with Gasteiger partial charge in [0.2, 0.25) is 0 Å². The van der Waals surface area contributed by atoms with Crippen molar-refractivity contribution in [2.75, 3.05) is 18.9 Å². The maximum atomic E-state index is 5.44. The van der Waals surface area contributed by atoms with Crippen LogP contribution in [0.3, 0.4) is 0 Å². The molecule has 1 rings (SSSR count). The first-order valence-electron chi connectivity index (χ1n) is 3.60. The van der Waals surface area contributed by atoms with Crippen LogP contribution >= 0.6 is 11.3 Å². The van der Waals surface area contributed by atoms with E-state index in [2.05, 4.69) is 4.98 Å². The summed E-state index contributed by atoms with van der Waals surface area (Å²) >= 11 is 1.58. The van der Waals surface area contributed by atoms with E-state index in [1.807, 2.05) is 12.3 Å². The largest absolute Gasteiger partial charge is 0.383 e. The zero-order valence-electron chi connectivity index (χ0n) is 6.54. The number of ether oxygens (including phenoxy) is 1. The SMILES string of the molecule is CCOCCc1nc(N)cs1. The molecule has 0 saturated carbocycles. The molecule has 0 aliphatic carbocycles. The first kappa shape index (κ1) is 8.49. The number of hydrogen-bond donors (Lipinski definition) is 1. The van der Waals surface area contributed by atoms with Gasteiger partial charge in [-0.25, -0.2) is 4.98 Å². The van der Waals surface area contributed by atoms with Crippen molar-refractivity contribution in [1.82, 2.24) is 4.98 Å². The number of aromatic nitrogens is 1. The second-order valence-electron chi connectivity index (χ2n) is 2.11. The van der Waals surface area contributed by atoms with Crippen LogP contribution in [-0.2, 0) is 11.2 Å². The maximum Gasteiger partial charge on any atom is 0.134 e. The van der Waals surface area contributed by atoms with Crippen LogP contribution < -0.4 is 5.73 Å². The Labute approximate surface area is 70.2 Å². The number of nitrogen functional groups attached to an aromatic ring is 1. The van der Waals surface area contributed by atoms with Gasteiger partial charge in [0.1, 0.15) is 5.82 Å². The third kappa shape index (κ3) is 2.86. The van der Waals surface area contributed by atoms with Gasteiger partial charge >= 0.3 is 0 Å². The number of hydrogen-bond acceptors (Lipinski definition) is 4. The van der Waals surface area contributed by atoms with Crippen LogP contribution in [0, 0.1) is 0 Å². The molecule has 0 aliphatic heterocycles. The number of thiazole rings is 1. The smallest absolute Gasteiger partial charge is 0.134 e. The molecule has 0 fully saturated rings. The van der Waals surface area contributed by atoms with Crippen LogP contribution in [0.25, 0.3) is 0 Å². The van der Waals surface area contributed by atoms with Crippen LogP contribution in [0.1, 0.15) is 11.9 Å². The fourth-order valence-corrected chi connectivity index (χ4v) is 1.41. The molecule has 0 unspecified atom stereocenters. The summed E-state index contributed by atoms with van der Waals surface area (Å²) in [6, 6.07) is 0. The minimum absolute atomic E-state index is 0.612. The topological polar surface area (TPSA) is 48.1 Å². The van der Waals surface area contributed by atoms with Crippen molar-refractivity contribution in [2.45, 2.75) is 13.3 Å². The van der Waals surface area contributed by atoms with E-state index in [0.29, 0.717) is 5.82 Å². The summed E-state index contributed by atoms with van der Waals surface area (Å²) in [5.74, 6) is 0.612. The van der Waals surface area contributed by atoms with Crippen LogP contribution in [0.2, 0.25) is 0 Å². The van der Waals surface area contributed by atoms with Gasteiger partial charge in [0.05, 0.1) is 11.6 Å². The highest BCUT2D eigenvalue weighted by Crippen LogP contribution is 2.10. The van der Waals surface area contributed by atoms with Gasteiger partial charge in [-0.3, -0.25) is 0 Å². The molecule has 0 bridgehead atoms. The molecule has 62 valence electrons. The van der Waals surface area contributed by atoms with Gasteiger partial charge in [-0.05, 0) is 6.92 Å². The maximum absolute atomic E-state index is 5.44. The van der Waals surface area contributed by atoms with Crippen molar-refractivity contribution in [1.29, 1.82) is 0 Å². The quantitative estimate of drug-likeness (QED) is 0.696. The van der Waals surface area contributed by atoms with Gasteiger partial charge in [-0.1, -0.05) is 0 Å². The first-order chi connectivity index (χ1) is 5.33. The molecule has 3 nitrogen and oxygen atoms in total. The molecular weight excluding hydrogens is 160 g/mol. The molecule has 2 N–H and O–H groups in total. The Morgan fingerprint density at radius 3 is 3.09 bits per heavy atom. The van der Waals surface area contributed by atoms with Gasteiger partial charge in [0, 0.05) is 18.4 Å². The number of nitrogens with zero attached hydrogens (tertiary/aromatic N) is 1. The Morgan fingerprint density at radius 1 is 1.73 bits per heavy atom. The van der Waals surface area contributed by atoms with E-state index < -0.39 is 0 Å². The standard InChI is InChI=1S/C7H12N2OS/c1-2-10-4-3-7-9-6(8)5-11-7/h5H,2-4,8H2,1H3. The summed E-state index contributed by atoms with van der Waals surface area (Å²) in [4.78, 5) is 4.10. The van der Waals surface area contributed by atoms with E-state index in [0.717, 1.165) is 24.6 Å². The minimum Gasteiger partial charge on any atom is -0.383 e. The molecule has 0 amide bonds. The van der Waals surface area contributed by atoms with E-state index in [1.54, 1.807) is 11.3 Å². The van der Waals surface area contributed by atoms with E-state index in [4.69, 9.17) is 10.5 Å². The lowest BCUT2D eigenvalue weighted by Gasteiger charge is -1.95. The summed E-state index contributed by atoms with van der Waals surface area (Å²) in [5.41, 5.74) is 5.44. The minimum atomic E-state index is 0.612. The van der Waals surface area contributed by atoms with Crippen LogP contribution in [0.5, 0.6) is 0 Å². The van der Waals surface area contributed by atoms with Gasteiger partial charge in [-0.15, -0.1) is 11.3 Å². The molecule has 0 spiro atoms. The third-order valence-corrected chi connectivity index (χ3v) is 2.16. The molecule has 4 heteroatoms. The Hall–Kier alpha value is -0.610. The molecule has 1 aromatic heterocycles. The van der Waals surface area contributed by atoms with Gasteiger partial charge in [0.15, 0.2) is 0 Å². The Balaban J connectivity index is 2.27. The second-order valence-corrected chi connectivity index (χ2v) is 3.06. The van der Waals surface area contributed by atoms with Crippen molar-refractivity contribution in [3.8, 4) is 0 Å². The molecular formula is C7H12N2OS. The van der Waals surface area contributed by atoms with Crippen molar-refractivity contribution in [3.05, 3.63) is 10.4 Å². The van der Waals surface area contributed by atoms with Gasteiger partial charge < -0.3 is 10.5 Å². The summed E-state index contributed by atoms with van der Waals surface area (Å²) in [5, 5.41) is 2.90. The van der Waals surface area contributed by atoms with E-state index in [9.17, 15) is 0 Å². The molecule has 1 aromatic rings. The molecule has 0 atom stereocenters. The number of nitrogens with two attached hydrogens (primary N) is 1. The average molecular weight is 172 g/mol. The monoisotopic (exact) mass is 172 g/mol. The van der Waals surface area contributed by atoms with E-state index >= 15 is 0 Å². The second kappa shape index (κ2) is 4.31. The van der Waals surface area contributed by atoms with Gasteiger partial charge in [-0.2, -0.15) is 0 Å². The lowest BCUT2D eigenvalue weighted by molar-refractivity contribution is 0.151. The predicted molar refractivity (Wildman–Crippen MR) is 46.7 cm³/mol. The molecule has 0 saturated heterocycles.